The third-order valence-electron chi connectivity index (χ3n) is 3.69. The van der Waals surface area contributed by atoms with Gasteiger partial charge in [-0.3, -0.25) is 0 Å². The molecule has 0 aliphatic rings. The molecular formula is C17H14FN3O5S2. The molecule has 0 unspecified atom stereocenters. The number of hydrogen-bond donors (Lipinski definition) is 3. The molecule has 3 aromatic rings. The Morgan fingerprint density at radius 2 is 2.07 bits per heavy atom. The number of carbonyl (C=O) groups excluding carboxylic acids is 1. The second-order valence-corrected chi connectivity index (χ2v) is 7.50. The fourth-order valence-electron chi connectivity index (χ4n) is 2.38. The Morgan fingerprint density at radius 1 is 1.32 bits per heavy atom. The molecule has 0 spiro atoms. The van der Waals surface area contributed by atoms with Gasteiger partial charge in [0.2, 0.25) is 0 Å². The highest BCUT2D eigenvalue weighted by Gasteiger charge is 2.19. The number of phenols is 1. The lowest BCUT2D eigenvalue weighted by Crippen LogP contribution is -2.22. The zero-order chi connectivity index (χ0) is 20.4. The Labute approximate surface area is 166 Å². The lowest BCUT2D eigenvalue weighted by molar-refractivity contribution is 0.0693. The largest absolute Gasteiger partial charge is 0.507 e. The molecule has 28 heavy (non-hydrogen) atoms. The Morgan fingerprint density at radius 3 is 2.75 bits per heavy atom. The standard InChI is InChI=1S/C17H14FN3O5S2/c1-7-14(28-13(20-7)5-19-17(25)26-2)11-6-27-15(21-11)8-4-12(22)9(16(23)24)3-10(8)18/h3-4,6,22H,5H2,1-2H3,(H,19,25)(H,23,24). The maximum absolute atomic E-state index is 14.3. The molecule has 146 valence electrons. The Hall–Kier alpha value is -3.05. The molecule has 11 heteroatoms. The van der Waals surface area contributed by atoms with E-state index in [2.05, 4.69) is 20.0 Å². The van der Waals surface area contributed by atoms with Gasteiger partial charge < -0.3 is 20.3 Å². The van der Waals surface area contributed by atoms with Gasteiger partial charge in [0.25, 0.3) is 0 Å². The minimum Gasteiger partial charge on any atom is -0.507 e. The molecule has 2 heterocycles. The molecule has 3 rings (SSSR count). The summed E-state index contributed by atoms with van der Waals surface area (Å²) in [7, 11) is 1.27. The summed E-state index contributed by atoms with van der Waals surface area (Å²) in [4.78, 5) is 31.7. The zero-order valence-electron chi connectivity index (χ0n) is 14.6. The molecule has 0 radical (unpaired) electrons. The van der Waals surface area contributed by atoms with E-state index in [-0.39, 0.29) is 12.1 Å². The molecule has 3 N–H and O–H groups in total. The molecular weight excluding hydrogens is 409 g/mol. The van der Waals surface area contributed by atoms with Crippen LogP contribution in [-0.2, 0) is 11.3 Å². The molecule has 0 aliphatic heterocycles. The lowest BCUT2D eigenvalue weighted by atomic mass is 10.1. The number of carboxylic acids is 1. The average molecular weight is 423 g/mol. The first-order chi connectivity index (χ1) is 13.3. The number of rotatable bonds is 5. The summed E-state index contributed by atoms with van der Waals surface area (Å²) in [6.07, 6.45) is -0.564. The number of aryl methyl sites for hydroxylation is 1. The zero-order valence-corrected chi connectivity index (χ0v) is 16.3. The van der Waals surface area contributed by atoms with Crippen LogP contribution in [0.2, 0.25) is 0 Å². The highest BCUT2D eigenvalue weighted by atomic mass is 32.1. The van der Waals surface area contributed by atoms with Gasteiger partial charge in [0.1, 0.15) is 27.1 Å². The average Bonchev–Trinajstić information content (AvgIpc) is 3.27. The van der Waals surface area contributed by atoms with Crippen LogP contribution in [-0.4, -0.2) is 39.4 Å². The summed E-state index contributed by atoms with van der Waals surface area (Å²) in [6, 6.07) is 1.81. The minimum absolute atomic E-state index is 0.00787. The van der Waals surface area contributed by atoms with Crippen molar-refractivity contribution in [2.24, 2.45) is 0 Å². The summed E-state index contributed by atoms with van der Waals surface area (Å²) in [6.45, 7) is 1.99. The SMILES string of the molecule is COC(=O)NCc1nc(C)c(-c2csc(-c3cc(O)c(C(=O)O)cc3F)n2)s1. The van der Waals surface area contributed by atoms with Crippen LogP contribution in [0.4, 0.5) is 9.18 Å². The highest BCUT2D eigenvalue weighted by Crippen LogP contribution is 2.36. The number of ether oxygens (including phenoxy) is 1. The van der Waals surface area contributed by atoms with Gasteiger partial charge in [-0.15, -0.1) is 22.7 Å². The van der Waals surface area contributed by atoms with E-state index in [9.17, 15) is 19.1 Å². The predicted octanol–water partition coefficient (Wildman–Crippen LogP) is 3.64. The monoisotopic (exact) mass is 423 g/mol. The molecule has 0 atom stereocenters. The second-order valence-electron chi connectivity index (χ2n) is 5.56. The second kappa shape index (κ2) is 7.90. The van der Waals surface area contributed by atoms with Crippen molar-refractivity contribution in [3.8, 4) is 26.9 Å². The number of aromatic carboxylic acids is 1. The first kappa shape index (κ1) is 19.7. The van der Waals surface area contributed by atoms with Gasteiger partial charge >= 0.3 is 12.1 Å². The van der Waals surface area contributed by atoms with Crippen molar-refractivity contribution in [2.45, 2.75) is 13.5 Å². The van der Waals surface area contributed by atoms with E-state index in [4.69, 9.17) is 5.11 Å². The fraction of sp³-hybridized carbons (Fsp3) is 0.176. The number of benzene rings is 1. The molecule has 0 fully saturated rings. The van der Waals surface area contributed by atoms with Gasteiger partial charge in [-0.1, -0.05) is 0 Å². The van der Waals surface area contributed by atoms with Crippen molar-refractivity contribution in [3.63, 3.8) is 0 Å². The Balaban J connectivity index is 1.89. The summed E-state index contributed by atoms with van der Waals surface area (Å²) >= 11 is 2.48. The molecule has 0 aliphatic carbocycles. The van der Waals surface area contributed by atoms with E-state index in [0.717, 1.165) is 28.3 Å². The molecule has 0 saturated carbocycles. The van der Waals surface area contributed by atoms with Crippen LogP contribution in [0.5, 0.6) is 5.75 Å². The highest BCUT2D eigenvalue weighted by molar-refractivity contribution is 7.16. The normalized spacial score (nSPS) is 10.7. The van der Waals surface area contributed by atoms with Crippen LogP contribution in [0.1, 0.15) is 21.1 Å². The van der Waals surface area contributed by atoms with Crippen LogP contribution in [0.3, 0.4) is 0 Å². The minimum atomic E-state index is -1.42. The number of hydrogen-bond acceptors (Lipinski definition) is 8. The number of amides is 1. The number of nitrogens with zero attached hydrogens (tertiary/aromatic N) is 2. The van der Waals surface area contributed by atoms with Crippen molar-refractivity contribution in [1.29, 1.82) is 0 Å². The van der Waals surface area contributed by atoms with E-state index >= 15 is 0 Å². The van der Waals surface area contributed by atoms with E-state index in [1.54, 1.807) is 12.3 Å². The van der Waals surface area contributed by atoms with Crippen molar-refractivity contribution in [2.75, 3.05) is 7.11 Å². The van der Waals surface area contributed by atoms with Gasteiger partial charge in [-0.25, -0.2) is 23.9 Å². The smallest absolute Gasteiger partial charge is 0.407 e. The number of aromatic hydroxyl groups is 1. The summed E-state index contributed by atoms with van der Waals surface area (Å²) in [5.74, 6) is -2.75. The topological polar surface area (TPSA) is 122 Å². The van der Waals surface area contributed by atoms with E-state index in [1.165, 1.54) is 18.4 Å². The van der Waals surface area contributed by atoms with Crippen molar-refractivity contribution < 1.29 is 28.9 Å². The van der Waals surface area contributed by atoms with Crippen molar-refractivity contribution in [1.82, 2.24) is 15.3 Å². The van der Waals surface area contributed by atoms with Gasteiger partial charge in [0.15, 0.2) is 0 Å². The van der Waals surface area contributed by atoms with Gasteiger partial charge in [-0.05, 0) is 19.1 Å². The Bertz CT molecular complexity index is 1060. The lowest BCUT2D eigenvalue weighted by Gasteiger charge is -2.04. The van der Waals surface area contributed by atoms with Gasteiger partial charge in [0.05, 0.1) is 29.9 Å². The number of thiazole rings is 2. The number of alkyl carbamates (subject to hydrolysis) is 1. The molecule has 8 nitrogen and oxygen atoms in total. The Kier molecular flexibility index (Phi) is 5.56. The molecule has 0 saturated heterocycles. The first-order valence-corrected chi connectivity index (χ1v) is 9.50. The van der Waals surface area contributed by atoms with Crippen LogP contribution in [0.15, 0.2) is 17.5 Å². The van der Waals surface area contributed by atoms with Crippen LogP contribution >= 0.6 is 22.7 Å². The molecule has 0 bridgehead atoms. The van der Waals surface area contributed by atoms with Crippen molar-refractivity contribution >= 4 is 34.7 Å². The van der Waals surface area contributed by atoms with Crippen LogP contribution < -0.4 is 5.32 Å². The number of aromatic nitrogens is 2. The van der Waals surface area contributed by atoms with E-state index in [1.807, 2.05) is 0 Å². The van der Waals surface area contributed by atoms with E-state index < -0.39 is 29.2 Å². The number of halogens is 1. The third-order valence-corrected chi connectivity index (χ3v) is 5.75. The maximum Gasteiger partial charge on any atom is 0.407 e. The van der Waals surface area contributed by atoms with E-state index in [0.29, 0.717) is 21.4 Å². The van der Waals surface area contributed by atoms with Gasteiger partial charge in [0, 0.05) is 10.9 Å². The fourth-order valence-corrected chi connectivity index (χ4v) is 4.25. The number of carboxylic acid groups (broad SMARTS) is 1. The summed E-state index contributed by atoms with van der Waals surface area (Å²) in [5.41, 5.74) is 0.765. The quantitative estimate of drug-likeness (QED) is 0.573. The van der Waals surface area contributed by atoms with Crippen molar-refractivity contribution in [3.05, 3.63) is 39.6 Å². The predicted molar refractivity (Wildman–Crippen MR) is 101 cm³/mol. The van der Waals surface area contributed by atoms with Crippen LogP contribution in [0.25, 0.3) is 21.1 Å². The molecule has 1 aromatic carbocycles. The number of methoxy groups -OCH3 is 1. The maximum atomic E-state index is 14.3. The van der Waals surface area contributed by atoms with Gasteiger partial charge in [-0.2, -0.15) is 0 Å². The summed E-state index contributed by atoms with van der Waals surface area (Å²) in [5, 5.41) is 24.0. The number of carbonyl (C=O) groups is 2. The summed E-state index contributed by atoms with van der Waals surface area (Å²) < 4.78 is 18.8. The number of nitrogens with one attached hydrogen (secondary N) is 1. The molecule has 1 amide bonds. The van der Waals surface area contributed by atoms with Crippen LogP contribution in [0, 0.1) is 12.7 Å². The first-order valence-electron chi connectivity index (χ1n) is 7.80. The molecule has 2 aromatic heterocycles. The third kappa shape index (κ3) is 3.94.